The van der Waals surface area contributed by atoms with Crippen LogP contribution in [0.3, 0.4) is 0 Å². The van der Waals surface area contributed by atoms with Gasteiger partial charge in [-0.1, -0.05) is 17.7 Å². The topological polar surface area (TPSA) is 80.5 Å². The molecule has 1 rings (SSSR count). The van der Waals surface area contributed by atoms with Gasteiger partial charge in [0.25, 0.3) is 5.91 Å². The number of hydrogen-bond acceptors (Lipinski definition) is 3. The van der Waals surface area contributed by atoms with Crippen LogP contribution in [0, 0.1) is 6.92 Å². The lowest BCUT2D eigenvalue weighted by atomic mass is 10.1. The number of sulfonamides is 1. The van der Waals surface area contributed by atoms with Crippen LogP contribution in [-0.4, -0.2) is 31.8 Å². The van der Waals surface area contributed by atoms with Gasteiger partial charge in [0.2, 0.25) is 10.0 Å². The van der Waals surface area contributed by atoms with Crippen molar-refractivity contribution in [1.82, 2.24) is 4.90 Å². The molecule has 0 spiro atoms. The maximum Gasteiger partial charge on any atom is 0.255 e. The molecule has 0 saturated heterocycles. The molecular weight excluding hydrogens is 276 g/mol. The third-order valence-electron chi connectivity index (χ3n) is 2.88. The Kier molecular flexibility index (Phi) is 5.08. The summed E-state index contributed by atoms with van der Waals surface area (Å²) in [6, 6.07) is 4.45. The molecule has 0 unspecified atom stereocenters. The Morgan fingerprint density at radius 3 is 2.50 bits per heavy atom. The lowest BCUT2D eigenvalue weighted by Crippen LogP contribution is -2.38. The summed E-state index contributed by atoms with van der Waals surface area (Å²) >= 11 is 0. The van der Waals surface area contributed by atoms with Crippen molar-refractivity contribution < 1.29 is 13.2 Å². The van der Waals surface area contributed by atoms with Crippen LogP contribution < -0.4 is 5.14 Å². The Hall–Kier alpha value is -1.66. The maximum absolute atomic E-state index is 12.6. The fourth-order valence-electron chi connectivity index (χ4n) is 1.88. The molecule has 1 amide bonds. The fourth-order valence-corrected chi connectivity index (χ4v) is 2.59. The Balaban J connectivity index is 3.40. The number of amides is 1. The van der Waals surface area contributed by atoms with Crippen molar-refractivity contribution in [3.8, 4) is 0 Å². The van der Waals surface area contributed by atoms with Crippen molar-refractivity contribution in [3.63, 3.8) is 0 Å². The number of rotatable bonds is 5. The molecular formula is C14H20N2O3S. The van der Waals surface area contributed by atoms with Gasteiger partial charge in [-0.2, -0.15) is 0 Å². The highest BCUT2D eigenvalue weighted by molar-refractivity contribution is 7.89. The molecule has 110 valence electrons. The van der Waals surface area contributed by atoms with E-state index in [9.17, 15) is 13.2 Å². The first-order valence-corrected chi connectivity index (χ1v) is 7.78. The third-order valence-corrected chi connectivity index (χ3v) is 3.85. The van der Waals surface area contributed by atoms with Crippen molar-refractivity contribution in [2.45, 2.75) is 31.7 Å². The molecule has 0 radical (unpaired) electrons. The second-order valence-corrected chi connectivity index (χ2v) is 6.41. The van der Waals surface area contributed by atoms with Crippen LogP contribution in [0.5, 0.6) is 0 Å². The molecule has 0 atom stereocenters. The minimum atomic E-state index is -3.94. The Labute approximate surface area is 120 Å². The fraction of sp³-hybridized carbons (Fsp3) is 0.357. The highest BCUT2D eigenvalue weighted by Gasteiger charge is 2.24. The molecule has 0 heterocycles. The molecule has 0 saturated carbocycles. The molecule has 0 aliphatic rings. The second-order valence-electron chi connectivity index (χ2n) is 4.88. The van der Waals surface area contributed by atoms with Crippen molar-refractivity contribution in [1.29, 1.82) is 0 Å². The van der Waals surface area contributed by atoms with Gasteiger partial charge in [0.15, 0.2) is 0 Å². The number of carbonyl (C=O) groups is 1. The maximum atomic E-state index is 12.6. The highest BCUT2D eigenvalue weighted by atomic mass is 32.2. The van der Waals surface area contributed by atoms with Crippen LogP contribution in [0.25, 0.3) is 0 Å². The molecule has 0 bridgehead atoms. The molecule has 0 aromatic heterocycles. The summed E-state index contributed by atoms with van der Waals surface area (Å²) in [6.45, 7) is 9.45. The molecule has 0 fully saturated rings. The van der Waals surface area contributed by atoms with Crippen molar-refractivity contribution in [2.24, 2.45) is 5.14 Å². The van der Waals surface area contributed by atoms with E-state index in [1.165, 1.54) is 11.0 Å². The number of nitrogens with two attached hydrogens (primary N) is 1. The van der Waals surface area contributed by atoms with E-state index in [2.05, 4.69) is 6.58 Å². The molecule has 5 nitrogen and oxygen atoms in total. The Bertz CT molecular complexity index is 621. The Morgan fingerprint density at radius 2 is 2.05 bits per heavy atom. The first-order chi connectivity index (χ1) is 9.18. The van der Waals surface area contributed by atoms with Gasteiger partial charge in [-0.25, -0.2) is 13.6 Å². The number of hydrogen-bond donors (Lipinski definition) is 1. The summed E-state index contributed by atoms with van der Waals surface area (Å²) in [6.07, 6.45) is 1.60. The summed E-state index contributed by atoms with van der Waals surface area (Å²) in [5.74, 6) is -0.368. The number of benzene rings is 1. The quantitative estimate of drug-likeness (QED) is 0.839. The van der Waals surface area contributed by atoms with E-state index in [-0.39, 0.29) is 22.4 Å². The van der Waals surface area contributed by atoms with E-state index in [1.807, 2.05) is 13.8 Å². The highest BCUT2D eigenvalue weighted by Crippen LogP contribution is 2.19. The molecule has 0 aliphatic carbocycles. The first kappa shape index (κ1) is 16.4. The van der Waals surface area contributed by atoms with Gasteiger partial charge in [0.1, 0.15) is 0 Å². The molecule has 0 aliphatic heterocycles. The van der Waals surface area contributed by atoms with E-state index in [0.717, 1.165) is 5.56 Å². The van der Waals surface area contributed by atoms with Crippen molar-refractivity contribution >= 4 is 15.9 Å². The van der Waals surface area contributed by atoms with Gasteiger partial charge in [0, 0.05) is 12.6 Å². The van der Waals surface area contributed by atoms with Gasteiger partial charge >= 0.3 is 0 Å². The van der Waals surface area contributed by atoms with E-state index in [4.69, 9.17) is 5.14 Å². The predicted molar refractivity (Wildman–Crippen MR) is 78.9 cm³/mol. The molecule has 2 N–H and O–H groups in total. The minimum Gasteiger partial charge on any atom is -0.332 e. The Morgan fingerprint density at radius 1 is 1.45 bits per heavy atom. The summed E-state index contributed by atoms with van der Waals surface area (Å²) < 4.78 is 23.2. The largest absolute Gasteiger partial charge is 0.332 e. The van der Waals surface area contributed by atoms with Crippen LogP contribution in [0.15, 0.2) is 35.7 Å². The number of primary sulfonamides is 1. The SMILES string of the molecule is C=CCN(C(=O)c1cc(C)ccc1S(N)(=O)=O)C(C)C. The summed E-state index contributed by atoms with van der Waals surface area (Å²) in [5, 5.41) is 5.18. The molecule has 1 aromatic rings. The van der Waals surface area contributed by atoms with E-state index < -0.39 is 10.0 Å². The van der Waals surface area contributed by atoms with Gasteiger partial charge in [-0.3, -0.25) is 4.79 Å². The number of nitrogens with zero attached hydrogens (tertiary/aromatic N) is 1. The standard InChI is InChI=1S/C14H20N2O3S/c1-5-8-16(10(2)3)14(17)12-9-11(4)6-7-13(12)20(15,18)19/h5-7,9-10H,1,8H2,2-4H3,(H2,15,18,19). The second kappa shape index (κ2) is 6.19. The van der Waals surface area contributed by atoms with Crippen molar-refractivity contribution in [2.75, 3.05) is 6.54 Å². The molecule has 6 heteroatoms. The summed E-state index contributed by atoms with van der Waals surface area (Å²) in [5.41, 5.74) is 0.895. The molecule has 20 heavy (non-hydrogen) atoms. The number of aryl methyl sites for hydroxylation is 1. The zero-order valence-corrected chi connectivity index (χ0v) is 12.8. The van der Waals surface area contributed by atoms with Crippen molar-refractivity contribution in [3.05, 3.63) is 42.0 Å². The van der Waals surface area contributed by atoms with Gasteiger partial charge in [-0.05, 0) is 32.9 Å². The molecule has 1 aromatic carbocycles. The monoisotopic (exact) mass is 296 g/mol. The van der Waals surface area contributed by atoms with Gasteiger partial charge in [-0.15, -0.1) is 6.58 Å². The average Bonchev–Trinajstić information content (AvgIpc) is 2.33. The average molecular weight is 296 g/mol. The minimum absolute atomic E-state index is 0.0747. The van der Waals surface area contributed by atoms with E-state index in [1.54, 1.807) is 25.1 Å². The van der Waals surface area contributed by atoms with E-state index >= 15 is 0 Å². The lowest BCUT2D eigenvalue weighted by molar-refractivity contribution is 0.0724. The van der Waals surface area contributed by atoms with Gasteiger partial charge in [0.05, 0.1) is 10.5 Å². The smallest absolute Gasteiger partial charge is 0.255 e. The zero-order valence-electron chi connectivity index (χ0n) is 12.0. The van der Waals surface area contributed by atoms with Crippen LogP contribution in [0.4, 0.5) is 0 Å². The third kappa shape index (κ3) is 3.68. The lowest BCUT2D eigenvalue weighted by Gasteiger charge is -2.26. The normalized spacial score (nSPS) is 11.4. The van der Waals surface area contributed by atoms with E-state index in [0.29, 0.717) is 6.54 Å². The predicted octanol–water partition coefficient (Wildman–Crippen LogP) is 1.68. The van der Waals surface area contributed by atoms with Crippen LogP contribution >= 0.6 is 0 Å². The van der Waals surface area contributed by atoms with Gasteiger partial charge < -0.3 is 4.90 Å². The summed E-state index contributed by atoms with van der Waals surface area (Å²) in [4.78, 5) is 13.9. The first-order valence-electron chi connectivity index (χ1n) is 6.23. The van der Waals surface area contributed by atoms with Crippen LogP contribution in [0.2, 0.25) is 0 Å². The zero-order chi connectivity index (χ0) is 15.5. The number of carbonyl (C=O) groups excluding carboxylic acids is 1. The van der Waals surface area contributed by atoms with Crippen LogP contribution in [-0.2, 0) is 10.0 Å². The van der Waals surface area contributed by atoms with Crippen LogP contribution in [0.1, 0.15) is 29.8 Å². The summed E-state index contributed by atoms with van der Waals surface area (Å²) in [7, 11) is -3.94.